The van der Waals surface area contributed by atoms with Crippen LogP contribution in [0.3, 0.4) is 0 Å². The second-order valence-corrected chi connectivity index (χ2v) is 9.53. The lowest BCUT2D eigenvalue weighted by molar-refractivity contribution is 0.180. The number of unbranched alkanes of at least 4 members (excludes halogenated alkanes) is 1. The number of sulfonamides is 1. The van der Waals surface area contributed by atoms with Gasteiger partial charge in [0, 0.05) is 38.1 Å². The highest BCUT2D eigenvalue weighted by atomic mass is 32.2. The van der Waals surface area contributed by atoms with Crippen molar-refractivity contribution >= 4 is 21.4 Å². The van der Waals surface area contributed by atoms with Gasteiger partial charge in [0.25, 0.3) is 0 Å². The van der Waals surface area contributed by atoms with Crippen LogP contribution in [0.5, 0.6) is 0 Å². The normalized spacial score (nSPS) is 16.3. The minimum Gasteiger partial charge on any atom is -0.295 e. The molecule has 0 spiro atoms. The molecule has 0 aliphatic carbocycles. The maximum atomic E-state index is 12.8. The zero-order valence-corrected chi connectivity index (χ0v) is 17.1. The minimum atomic E-state index is -3.51. The van der Waals surface area contributed by atoms with E-state index in [1.54, 1.807) is 23.5 Å². The zero-order valence-electron chi connectivity index (χ0n) is 15.5. The molecule has 0 amide bonds. The maximum absolute atomic E-state index is 12.8. The molecule has 2 aromatic rings. The number of benzene rings is 1. The lowest BCUT2D eigenvalue weighted by Crippen LogP contribution is -2.48. The molecule has 0 atom stereocenters. The van der Waals surface area contributed by atoms with Crippen LogP contribution >= 0.6 is 11.3 Å². The molecular weight excluding hydrogens is 380 g/mol. The molecule has 3 rings (SSSR count). The van der Waals surface area contributed by atoms with Gasteiger partial charge < -0.3 is 0 Å². The first-order chi connectivity index (χ1) is 13.0. The van der Waals surface area contributed by atoms with Gasteiger partial charge in [-0.05, 0) is 37.1 Å². The van der Waals surface area contributed by atoms with Gasteiger partial charge in [0.1, 0.15) is 0 Å². The Hall–Kier alpha value is -1.79. The van der Waals surface area contributed by atoms with E-state index in [9.17, 15) is 8.42 Å². The summed E-state index contributed by atoms with van der Waals surface area (Å²) >= 11 is 1.72. The van der Waals surface area contributed by atoms with Gasteiger partial charge in [-0.25, -0.2) is 13.4 Å². The van der Waals surface area contributed by atoms with E-state index in [0.717, 1.165) is 18.7 Å². The predicted octanol–water partition coefficient (Wildman–Crippen LogP) is 2.86. The highest BCUT2D eigenvalue weighted by molar-refractivity contribution is 7.89. The number of aryl methyl sites for hydroxylation is 1. The number of hydrogen-bond acceptors (Lipinski definition) is 6. The number of hydrogen-bond donors (Lipinski definition) is 0. The summed E-state index contributed by atoms with van der Waals surface area (Å²) in [7, 11) is -3.51. The number of thiazole rings is 1. The molecule has 0 unspecified atom stereocenters. The Labute approximate surface area is 165 Å². The Balaban J connectivity index is 1.56. The molecule has 8 heteroatoms. The summed E-state index contributed by atoms with van der Waals surface area (Å²) < 4.78 is 27.1. The van der Waals surface area contributed by atoms with Crippen molar-refractivity contribution in [1.29, 1.82) is 5.26 Å². The fourth-order valence-corrected chi connectivity index (χ4v) is 5.33. The van der Waals surface area contributed by atoms with E-state index in [2.05, 4.69) is 17.2 Å². The van der Waals surface area contributed by atoms with E-state index in [4.69, 9.17) is 10.2 Å². The first kappa shape index (κ1) is 20.0. The van der Waals surface area contributed by atoms with Gasteiger partial charge in [-0.1, -0.05) is 13.3 Å². The lowest BCUT2D eigenvalue weighted by Gasteiger charge is -2.33. The zero-order chi connectivity index (χ0) is 19.3. The Morgan fingerprint density at radius 1 is 1.19 bits per heavy atom. The molecule has 1 aromatic heterocycles. The molecule has 6 nitrogen and oxygen atoms in total. The minimum absolute atomic E-state index is 0.245. The molecule has 27 heavy (non-hydrogen) atoms. The average molecular weight is 405 g/mol. The van der Waals surface area contributed by atoms with Crippen LogP contribution < -0.4 is 0 Å². The molecule has 1 saturated heterocycles. The predicted molar refractivity (Wildman–Crippen MR) is 106 cm³/mol. The van der Waals surface area contributed by atoms with Gasteiger partial charge in [-0.2, -0.15) is 9.57 Å². The summed E-state index contributed by atoms with van der Waals surface area (Å²) in [5.41, 5.74) is 1.54. The topological polar surface area (TPSA) is 77.3 Å². The van der Waals surface area contributed by atoms with Crippen LogP contribution in [0.4, 0.5) is 0 Å². The maximum Gasteiger partial charge on any atom is 0.243 e. The fourth-order valence-electron chi connectivity index (χ4n) is 3.07. The SMILES string of the molecule is CCCCc1nc(CN2CCN(S(=O)(=O)c3ccc(C#N)cc3)CC2)cs1. The van der Waals surface area contributed by atoms with Crippen LogP contribution in [0, 0.1) is 11.3 Å². The van der Waals surface area contributed by atoms with Gasteiger partial charge >= 0.3 is 0 Å². The van der Waals surface area contributed by atoms with Crippen molar-refractivity contribution in [3.05, 3.63) is 45.9 Å². The van der Waals surface area contributed by atoms with Crippen molar-refractivity contribution in [1.82, 2.24) is 14.2 Å². The second kappa shape index (κ2) is 8.93. The monoisotopic (exact) mass is 404 g/mol. The number of nitriles is 1. The van der Waals surface area contributed by atoms with Crippen molar-refractivity contribution in [2.75, 3.05) is 26.2 Å². The summed E-state index contributed by atoms with van der Waals surface area (Å²) in [4.78, 5) is 7.19. The van der Waals surface area contributed by atoms with E-state index in [0.29, 0.717) is 31.7 Å². The smallest absolute Gasteiger partial charge is 0.243 e. The molecule has 1 aromatic carbocycles. The highest BCUT2D eigenvalue weighted by Gasteiger charge is 2.28. The Morgan fingerprint density at radius 2 is 1.89 bits per heavy atom. The molecule has 0 N–H and O–H groups in total. The molecular formula is C19H24N4O2S2. The number of piperazine rings is 1. The molecule has 1 aliphatic heterocycles. The highest BCUT2D eigenvalue weighted by Crippen LogP contribution is 2.20. The van der Waals surface area contributed by atoms with Crippen molar-refractivity contribution in [2.24, 2.45) is 0 Å². The fraction of sp³-hybridized carbons (Fsp3) is 0.474. The number of rotatable bonds is 7. The third-order valence-corrected chi connectivity index (χ3v) is 7.55. The van der Waals surface area contributed by atoms with Crippen LogP contribution in [0.25, 0.3) is 0 Å². The van der Waals surface area contributed by atoms with Crippen molar-refractivity contribution in [2.45, 2.75) is 37.6 Å². The van der Waals surface area contributed by atoms with E-state index in [1.807, 2.05) is 6.07 Å². The van der Waals surface area contributed by atoms with Crippen molar-refractivity contribution < 1.29 is 8.42 Å². The van der Waals surface area contributed by atoms with Crippen molar-refractivity contribution in [3.8, 4) is 6.07 Å². The first-order valence-corrected chi connectivity index (χ1v) is 11.5. The van der Waals surface area contributed by atoms with Gasteiger partial charge in [-0.3, -0.25) is 4.90 Å². The summed E-state index contributed by atoms with van der Waals surface area (Å²) in [6.45, 7) is 5.27. The van der Waals surface area contributed by atoms with Crippen LogP contribution in [0.2, 0.25) is 0 Å². The molecule has 1 aliphatic rings. The summed E-state index contributed by atoms with van der Waals surface area (Å²) in [5.74, 6) is 0. The van der Waals surface area contributed by atoms with Gasteiger partial charge in [0.15, 0.2) is 0 Å². The second-order valence-electron chi connectivity index (χ2n) is 6.65. The summed E-state index contributed by atoms with van der Waals surface area (Å²) in [6.07, 6.45) is 3.38. The van der Waals surface area contributed by atoms with Crippen LogP contribution in [0.1, 0.15) is 36.0 Å². The third kappa shape index (κ3) is 4.93. The van der Waals surface area contributed by atoms with E-state index < -0.39 is 10.0 Å². The standard InChI is InChI=1S/C19H24N4O2S2/c1-2-3-4-19-21-17(15-26-19)14-22-9-11-23(12-10-22)27(24,25)18-7-5-16(13-20)6-8-18/h5-8,15H,2-4,9-12,14H2,1H3. The van der Waals surface area contributed by atoms with E-state index in [1.165, 1.54) is 34.3 Å². The molecule has 1 fully saturated rings. The largest absolute Gasteiger partial charge is 0.295 e. The molecule has 144 valence electrons. The molecule has 0 saturated carbocycles. The van der Waals surface area contributed by atoms with Crippen LogP contribution in [-0.4, -0.2) is 48.8 Å². The van der Waals surface area contributed by atoms with E-state index >= 15 is 0 Å². The van der Waals surface area contributed by atoms with Gasteiger partial charge in [0.05, 0.1) is 27.2 Å². The Bertz CT molecular complexity index is 893. The Kier molecular flexibility index (Phi) is 6.60. The summed E-state index contributed by atoms with van der Waals surface area (Å²) in [5, 5.41) is 12.2. The van der Waals surface area contributed by atoms with Crippen LogP contribution in [-0.2, 0) is 23.0 Å². The third-order valence-electron chi connectivity index (χ3n) is 4.68. The quantitative estimate of drug-likeness (QED) is 0.709. The number of nitrogens with zero attached hydrogens (tertiary/aromatic N) is 4. The van der Waals surface area contributed by atoms with Gasteiger partial charge in [-0.15, -0.1) is 11.3 Å². The number of aromatic nitrogens is 1. The molecule has 2 heterocycles. The lowest BCUT2D eigenvalue weighted by atomic mass is 10.2. The molecule has 0 bridgehead atoms. The Morgan fingerprint density at radius 3 is 2.52 bits per heavy atom. The summed E-state index contributed by atoms with van der Waals surface area (Å²) in [6, 6.07) is 8.11. The average Bonchev–Trinajstić information content (AvgIpc) is 3.14. The van der Waals surface area contributed by atoms with Gasteiger partial charge in [0.2, 0.25) is 10.0 Å². The van der Waals surface area contributed by atoms with Crippen LogP contribution in [0.15, 0.2) is 34.5 Å². The van der Waals surface area contributed by atoms with Crippen molar-refractivity contribution in [3.63, 3.8) is 0 Å². The first-order valence-electron chi connectivity index (χ1n) is 9.19. The van der Waals surface area contributed by atoms with E-state index in [-0.39, 0.29) is 4.90 Å². The molecule has 0 radical (unpaired) electrons.